The Labute approximate surface area is 170 Å². The SMILES string of the molecule is CN=C(NCCCNC(=O)c1occc1C)NC1CCN(c2cccs2)CC1. The minimum atomic E-state index is -0.164. The van der Waals surface area contributed by atoms with Crippen molar-refractivity contribution >= 4 is 28.2 Å². The van der Waals surface area contributed by atoms with E-state index in [1.807, 2.05) is 6.92 Å². The fourth-order valence-corrected chi connectivity index (χ4v) is 4.05. The van der Waals surface area contributed by atoms with Crippen LogP contribution in [0, 0.1) is 6.92 Å². The number of amides is 1. The van der Waals surface area contributed by atoms with Crippen LogP contribution in [-0.2, 0) is 0 Å². The third-order valence-electron chi connectivity index (χ3n) is 4.88. The Morgan fingerprint density at radius 2 is 2.07 bits per heavy atom. The lowest BCUT2D eigenvalue weighted by molar-refractivity contribution is 0.0925. The maximum absolute atomic E-state index is 12.0. The molecule has 0 aliphatic carbocycles. The minimum Gasteiger partial charge on any atom is -0.459 e. The Morgan fingerprint density at radius 1 is 1.29 bits per heavy atom. The van der Waals surface area contributed by atoms with Crippen molar-refractivity contribution in [3.05, 3.63) is 41.2 Å². The molecule has 0 aromatic carbocycles. The van der Waals surface area contributed by atoms with E-state index < -0.39 is 0 Å². The van der Waals surface area contributed by atoms with Crippen LogP contribution in [0.3, 0.4) is 0 Å². The summed E-state index contributed by atoms with van der Waals surface area (Å²) in [6, 6.07) is 6.51. The molecule has 1 saturated heterocycles. The maximum Gasteiger partial charge on any atom is 0.287 e. The zero-order valence-corrected chi connectivity index (χ0v) is 17.3. The lowest BCUT2D eigenvalue weighted by Gasteiger charge is -2.33. The zero-order chi connectivity index (χ0) is 19.8. The number of rotatable bonds is 7. The number of nitrogens with one attached hydrogen (secondary N) is 3. The van der Waals surface area contributed by atoms with Gasteiger partial charge in [0.15, 0.2) is 11.7 Å². The normalized spacial score (nSPS) is 15.5. The van der Waals surface area contributed by atoms with Crippen LogP contribution in [0.2, 0.25) is 0 Å². The summed E-state index contributed by atoms with van der Waals surface area (Å²) in [5.41, 5.74) is 0.852. The lowest BCUT2D eigenvalue weighted by Crippen LogP contribution is -2.49. The van der Waals surface area contributed by atoms with Crippen molar-refractivity contribution in [2.45, 2.75) is 32.2 Å². The van der Waals surface area contributed by atoms with Gasteiger partial charge in [-0.25, -0.2) is 0 Å². The van der Waals surface area contributed by atoms with Gasteiger partial charge in [0.1, 0.15) is 0 Å². The fourth-order valence-electron chi connectivity index (χ4n) is 3.26. The van der Waals surface area contributed by atoms with Gasteiger partial charge in [-0.2, -0.15) is 0 Å². The molecule has 0 saturated carbocycles. The fraction of sp³-hybridized carbons (Fsp3) is 0.500. The Morgan fingerprint density at radius 3 is 2.71 bits per heavy atom. The van der Waals surface area contributed by atoms with Crippen LogP contribution in [0.25, 0.3) is 0 Å². The molecule has 1 fully saturated rings. The van der Waals surface area contributed by atoms with Crippen molar-refractivity contribution in [3.8, 4) is 0 Å². The first-order chi connectivity index (χ1) is 13.7. The molecule has 0 spiro atoms. The minimum absolute atomic E-state index is 0.164. The van der Waals surface area contributed by atoms with Crippen LogP contribution < -0.4 is 20.9 Å². The number of guanidine groups is 1. The van der Waals surface area contributed by atoms with Crippen LogP contribution in [0.15, 0.2) is 39.3 Å². The number of aryl methyl sites for hydroxylation is 1. The molecular weight excluding hydrogens is 374 g/mol. The van der Waals surface area contributed by atoms with E-state index in [9.17, 15) is 4.79 Å². The van der Waals surface area contributed by atoms with E-state index in [0.717, 1.165) is 50.4 Å². The highest BCUT2D eigenvalue weighted by atomic mass is 32.1. The average molecular weight is 404 g/mol. The van der Waals surface area contributed by atoms with Crippen LogP contribution in [-0.4, -0.2) is 51.1 Å². The third-order valence-corrected chi connectivity index (χ3v) is 5.81. The van der Waals surface area contributed by atoms with Gasteiger partial charge >= 0.3 is 0 Å². The van der Waals surface area contributed by atoms with Crippen molar-refractivity contribution in [1.82, 2.24) is 16.0 Å². The van der Waals surface area contributed by atoms with Gasteiger partial charge < -0.3 is 25.3 Å². The van der Waals surface area contributed by atoms with Crippen molar-refractivity contribution in [2.24, 2.45) is 4.99 Å². The number of thiophene rings is 1. The second-order valence-corrected chi connectivity index (χ2v) is 7.82. The van der Waals surface area contributed by atoms with Gasteiger partial charge in [-0.3, -0.25) is 9.79 Å². The predicted molar refractivity (Wildman–Crippen MR) is 114 cm³/mol. The van der Waals surface area contributed by atoms with Crippen LogP contribution >= 0.6 is 11.3 Å². The van der Waals surface area contributed by atoms with Crippen LogP contribution in [0.5, 0.6) is 0 Å². The molecule has 28 heavy (non-hydrogen) atoms. The Balaban J connectivity index is 1.31. The maximum atomic E-state index is 12.0. The molecule has 2 aromatic rings. The summed E-state index contributed by atoms with van der Waals surface area (Å²) >= 11 is 1.80. The Bertz CT molecular complexity index is 763. The molecule has 7 nitrogen and oxygen atoms in total. The van der Waals surface area contributed by atoms with Gasteiger partial charge in [0.2, 0.25) is 0 Å². The highest BCUT2D eigenvalue weighted by Crippen LogP contribution is 2.24. The first-order valence-corrected chi connectivity index (χ1v) is 10.6. The van der Waals surface area contributed by atoms with Crippen molar-refractivity contribution in [2.75, 3.05) is 38.1 Å². The quantitative estimate of drug-likeness (QED) is 0.376. The first kappa shape index (κ1) is 20.3. The predicted octanol–water partition coefficient (Wildman–Crippen LogP) is 2.60. The van der Waals surface area contributed by atoms with Gasteiger partial charge in [-0.15, -0.1) is 11.3 Å². The first-order valence-electron chi connectivity index (χ1n) is 9.75. The molecule has 1 aliphatic rings. The average Bonchev–Trinajstić information content (AvgIpc) is 3.39. The van der Waals surface area contributed by atoms with Crippen LogP contribution in [0.1, 0.15) is 35.4 Å². The lowest BCUT2D eigenvalue weighted by atomic mass is 10.1. The summed E-state index contributed by atoms with van der Waals surface area (Å²) in [4.78, 5) is 18.8. The molecule has 8 heteroatoms. The number of hydrogen-bond acceptors (Lipinski definition) is 5. The van der Waals surface area contributed by atoms with Gasteiger partial charge in [-0.1, -0.05) is 0 Å². The van der Waals surface area contributed by atoms with Gasteiger partial charge in [0, 0.05) is 44.8 Å². The number of hydrogen-bond donors (Lipinski definition) is 3. The molecule has 0 atom stereocenters. The Kier molecular flexibility index (Phi) is 7.36. The summed E-state index contributed by atoms with van der Waals surface area (Å²) < 4.78 is 5.19. The molecule has 0 bridgehead atoms. The summed E-state index contributed by atoms with van der Waals surface area (Å²) in [5.74, 6) is 1.05. The molecule has 3 N–H and O–H groups in total. The smallest absolute Gasteiger partial charge is 0.287 e. The van der Waals surface area contributed by atoms with E-state index in [4.69, 9.17) is 4.42 Å². The number of nitrogens with zero attached hydrogens (tertiary/aromatic N) is 2. The number of furan rings is 1. The molecule has 3 rings (SSSR count). The number of anilines is 1. The summed E-state index contributed by atoms with van der Waals surface area (Å²) in [5, 5.41) is 13.2. The molecule has 3 heterocycles. The summed E-state index contributed by atoms with van der Waals surface area (Å²) in [6.45, 7) is 5.31. The molecule has 2 aromatic heterocycles. The highest BCUT2D eigenvalue weighted by Gasteiger charge is 2.20. The monoisotopic (exact) mass is 403 g/mol. The van der Waals surface area contributed by atoms with E-state index in [1.54, 1.807) is 24.5 Å². The van der Waals surface area contributed by atoms with E-state index in [2.05, 4.69) is 43.4 Å². The van der Waals surface area contributed by atoms with Crippen molar-refractivity contribution < 1.29 is 9.21 Å². The van der Waals surface area contributed by atoms with Crippen molar-refractivity contribution in [3.63, 3.8) is 0 Å². The zero-order valence-electron chi connectivity index (χ0n) is 16.5. The number of aliphatic imine (C=N–C) groups is 1. The second-order valence-electron chi connectivity index (χ2n) is 6.90. The van der Waals surface area contributed by atoms with Crippen LogP contribution in [0.4, 0.5) is 5.00 Å². The number of carbonyl (C=O) groups is 1. The third kappa shape index (κ3) is 5.51. The van der Waals surface area contributed by atoms with Crippen molar-refractivity contribution in [1.29, 1.82) is 0 Å². The van der Waals surface area contributed by atoms with Gasteiger partial charge in [0.25, 0.3) is 5.91 Å². The Hall–Kier alpha value is -2.48. The second kappa shape index (κ2) is 10.2. The standard InChI is InChI=1S/C20H29N5O2S/c1-15-8-13-27-18(15)19(26)22-9-4-10-23-20(21-2)24-16-6-11-25(12-7-16)17-5-3-14-28-17/h3,5,8,13-14,16H,4,6-7,9-12H2,1-2H3,(H,22,26)(H2,21,23,24). The van der Waals surface area contributed by atoms with E-state index in [0.29, 0.717) is 18.3 Å². The molecular formula is C20H29N5O2S. The number of piperidine rings is 1. The topological polar surface area (TPSA) is 81.9 Å². The molecule has 152 valence electrons. The van der Waals surface area contributed by atoms with Gasteiger partial charge in [-0.05, 0) is 49.8 Å². The van der Waals surface area contributed by atoms with Gasteiger partial charge in [0.05, 0.1) is 11.3 Å². The van der Waals surface area contributed by atoms with E-state index in [-0.39, 0.29) is 5.91 Å². The molecule has 0 unspecified atom stereocenters. The largest absolute Gasteiger partial charge is 0.459 e. The summed E-state index contributed by atoms with van der Waals surface area (Å²) in [7, 11) is 1.79. The highest BCUT2D eigenvalue weighted by molar-refractivity contribution is 7.14. The molecule has 1 aliphatic heterocycles. The summed E-state index contributed by atoms with van der Waals surface area (Å²) in [6.07, 6.45) is 4.53. The molecule has 1 amide bonds. The number of carbonyl (C=O) groups excluding carboxylic acids is 1. The van der Waals surface area contributed by atoms with E-state index >= 15 is 0 Å². The molecule has 0 radical (unpaired) electrons. The van der Waals surface area contributed by atoms with E-state index in [1.165, 1.54) is 11.3 Å².